The second kappa shape index (κ2) is 17.5. The zero-order valence-corrected chi connectivity index (χ0v) is 39.1. The first-order chi connectivity index (χ1) is 32.7. The predicted octanol–water partition coefficient (Wildman–Crippen LogP) is 18.1. The third-order valence-corrected chi connectivity index (χ3v) is 15.3. The van der Waals surface area contributed by atoms with Crippen molar-refractivity contribution in [2.75, 3.05) is 0 Å². The third-order valence-electron chi connectivity index (χ3n) is 14.4. The zero-order valence-electron chi connectivity index (χ0n) is 36.9. The predicted molar refractivity (Wildman–Crippen MR) is 292 cm³/mol. The minimum Gasteiger partial charge on any atom is -0.0836 e. The largest absolute Gasteiger partial charge is 0.0836 e. The summed E-state index contributed by atoms with van der Waals surface area (Å²) in [5.41, 5.74) is 16.4. The third kappa shape index (κ3) is 7.31. The van der Waals surface area contributed by atoms with Gasteiger partial charge in [-0.05, 0) is 183 Å². The average molecular weight is 957 g/mol. The lowest BCUT2D eigenvalue weighted by atomic mass is 9.68. The molecule has 4 aliphatic carbocycles. The Morgan fingerprint density at radius 1 is 0.530 bits per heavy atom. The molecule has 0 amide bonds. The number of allylic oxidation sites excluding steroid dienone is 18. The summed E-state index contributed by atoms with van der Waals surface area (Å²) in [6.45, 7) is 0. The van der Waals surface area contributed by atoms with Gasteiger partial charge in [0.2, 0.25) is 0 Å². The standard InChI is InChI=1S/C65H49I/c66-62-32-10-2-1-5-23-46(35-33-43-34-36-47-40-59(44-19-6-3-7-20-44)51-25-12-11-24-50(51)58(47)39-43)64(62)65-56-30-17-15-28-54(56)63(55-29-16-18-31-57(55)65)49-38-37-48-41-60(45-21-8-4-9-22-45)52-26-13-14-27-53(52)61(48)42-49/h2-26,28-32,34,36-37,39-42,49,53H,1,27,33,35,38H2/b10-2?,23-5-,62-32?,64-46?. The molecule has 12 rings (SSSR count). The van der Waals surface area contributed by atoms with Gasteiger partial charge < -0.3 is 0 Å². The van der Waals surface area contributed by atoms with Crippen LogP contribution in [0.4, 0.5) is 0 Å². The minimum atomic E-state index is 0.255. The van der Waals surface area contributed by atoms with Crippen molar-refractivity contribution in [2.45, 2.75) is 38.0 Å². The van der Waals surface area contributed by atoms with Crippen molar-refractivity contribution in [1.82, 2.24) is 0 Å². The molecule has 0 fully saturated rings. The molecule has 8 aromatic rings. The zero-order chi connectivity index (χ0) is 44.0. The molecule has 0 aliphatic heterocycles. The van der Waals surface area contributed by atoms with Gasteiger partial charge in [0.05, 0.1) is 0 Å². The summed E-state index contributed by atoms with van der Waals surface area (Å²) < 4.78 is 1.27. The molecular weight excluding hydrogens is 908 g/mol. The van der Waals surface area contributed by atoms with Gasteiger partial charge in [0.25, 0.3) is 0 Å². The summed E-state index contributed by atoms with van der Waals surface area (Å²) in [6, 6.07) is 58.8. The van der Waals surface area contributed by atoms with E-state index in [1.165, 1.54) is 113 Å². The highest BCUT2D eigenvalue weighted by molar-refractivity contribution is 14.1. The summed E-state index contributed by atoms with van der Waals surface area (Å²) in [7, 11) is 0. The van der Waals surface area contributed by atoms with Crippen molar-refractivity contribution in [2.24, 2.45) is 5.92 Å². The minimum absolute atomic E-state index is 0.255. The molecule has 0 bridgehead atoms. The van der Waals surface area contributed by atoms with Gasteiger partial charge >= 0.3 is 0 Å². The summed E-state index contributed by atoms with van der Waals surface area (Å²) in [4.78, 5) is 0. The highest BCUT2D eigenvalue weighted by Gasteiger charge is 2.33. The van der Waals surface area contributed by atoms with Crippen LogP contribution in [0.3, 0.4) is 0 Å². The van der Waals surface area contributed by atoms with Gasteiger partial charge in [-0.25, -0.2) is 0 Å². The van der Waals surface area contributed by atoms with Gasteiger partial charge in [-0.3, -0.25) is 0 Å². The van der Waals surface area contributed by atoms with E-state index < -0.39 is 0 Å². The van der Waals surface area contributed by atoms with Crippen molar-refractivity contribution in [3.63, 3.8) is 0 Å². The van der Waals surface area contributed by atoms with E-state index in [0.717, 1.165) is 32.1 Å². The topological polar surface area (TPSA) is 0 Å². The molecule has 2 unspecified atom stereocenters. The number of aryl methyl sites for hydroxylation is 1. The van der Waals surface area contributed by atoms with Crippen LogP contribution in [-0.4, -0.2) is 0 Å². The van der Waals surface area contributed by atoms with Crippen LogP contribution in [0.1, 0.15) is 53.9 Å². The Labute approximate surface area is 401 Å². The van der Waals surface area contributed by atoms with Crippen LogP contribution in [-0.2, 0) is 6.42 Å². The molecule has 2 atom stereocenters. The molecule has 4 aliphatic rings. The average Bonchev–Trinajstić information content (AvgIpc) is 3.47. The fourth-order valence-electron chi connectivity index (χ4n) is 11.3. The molecule has 0 heterocycles. The van der Waals surface area contributed by atoms with Crippen LogP contribution in [0.5, 0.6) is 0 Å². The first-order valence-electron chi connectivity index (χ1n) is 23.6. The SMILES string of the molecule is IC1=CC=CC/C=C\C(CCc2ccc3cc(-c4ccccc4)c4ccccc4c3c2)=C1c1c2ccccc2c(C2C=C3C(=CC2)C=C(c2ccccc2)C2=CC=CCC32)c2ccccc12. The van der Waals surface area contributed by atoms with E-state index in [9.17, 15) is 0 Å². The highest BCUT2D eigenvalue weighted by Crippen LogP contribution is 2.51. The summed E-state index contributed by atoms with van der Waals surface area (Å²) in [5.74, 6) is 0.609. The molecule has 0 saturated carbocycles. The van der Waals surface area contributed by atoms with Crippen molar-refractivity contribution in [3.8, 4) is 11.1 Å². The van der Waals surface area contributed by atoms with Crippen LogP contribution < -0.4 is 0 Å². The van der Waals surface area contributed by atoms with E-state index in [2.05, 4.69) is 247 Å². The number of halogens is 1. The lowest BCUT2D eigenvalue weighted by molar-refractivity contribution is 0.711. The van der Waals surface area contributed by atoms with Crippen molar-refractivity contribution in [3.05, 3.63) is 273 Å². The fraction of sp³-hybridized carbons (Fsp3) is 0.108. The van der Waals surface area contributed by atoms with E-state index in [1.54, 1.807) is 0 Å². The first-order valence-corrected chi connectivity index (χ1v) is 24.7. The lowest BCUT2D eigenvalue weighted by Gasteiger charge is -2.35. The monoisotopic (exact) mass is 956 g/mol. The van der Waals surface area contributed by atoms with E-state index in [4.69, 9.17) is 0 Å². The molecule has 316 valence electrons. The maximum absolute atomic E-state index is 2.65. The van der Waals surface area contributed by atoms with Crippen molar-refractivity contribution >= 4 is 76.8 Å². The Balaban J connectivity index is 0.979. The van der Waals surface area contributed by atoms with Gasteiger partial charge in [-0.1, -0.05) is 206 Å². The van der Waals surface area contributed by atoms with E-state index in [0.29, 0.717) is 5.92 Å². The smallest absolute Gasteiger partial charge is 0.0211 e. The highest BCUT2D eigenvalue weighted by atomic mass is 127. The number of rotatable bonds is 7. The van der Waals surface area contributed by atoms with E-state index in [1.807, 2.05) is 0 Å². The molecule has 1 heteroatoms. The van der Waals surface area contributed by atoms with Gasteiger partial charge in [0, 0.05) is 15.4 Å². The van der Waals surface area contributed by atoms with Gasteiger partial charge in [0.1, 0.15) is 0 Å². The lowest BCUT2D eigenvalue weighted by Crippen LogP contribution is -2.19. The maximum Gasteiger partial charge on any atom is 0.0211 e. The molecule has 0 nitrogen and oxygen atoms in total. The second-order valence-corrected chi connectivity index (χ2v) is 19.3. The Bertz CT molecular complexity index is 3490. The first kappa shape index (κ1) is 40.7. The fourth-order valence-corrected chi connectivity index (χ4v) is 12.1. The summed E-state index contributed by atoms with van der Waals surface area (Å²) >= 11 is 2.63. The van der Waals surface area contributed by atoms with Crippen molar-refractivity contribution < 1.29 is 0 Å². The molecule has 8 aromatic carbocycles. The Morgan fingerprint density at radius 2 is 1.20 bits per heavy atom. The number of fused-ring (bicyclic) bond motifs is 8. The van der Waals surface area contributed by atoms with Crippen LogP contribution in [0.25, 0.3) is 65.4 Å². The molecule has 66 heavy (non-hydrogen) atoms. The van der Waals surface area contributed by atoms with Crippen LogP contribution in [0.2, 0.25) is 0 Å². The molecule has 0 aromatic heterocycles. The molecule has 0 N–H and O–H groups in total. The van der Waals surface area contributed by atoms with Gasteiger partial charge in [-0.15, -0.1) is 0 Å². The molecule has 0 radical (unpaired) electrons. The van der Waals surface area contributed by atoms with Crippen molar-refractivity contribution in [1.29, 1.82) is 0 Å². The summed E-state index contributed by atoms with van der Waals surface area (Å²) in [5, 5.41) is 10.6. The Morgan fingerprint density at radius 3 is 1.95 bits per heavy atom. The maximum atomic E-state index is 2.65. The number of hydrogen-bond donors (Lipinski definition) is 0. The van der Waals surface area contributed by atoms with Crippen LogP contribution in [0, 0.1) is 5.92 Å². The molecular formula is C65H49I. The molecule has 0 spiro atoms. The Hall–Kier alpha value is -6.81. The number of benzene rings is 8. The van der Waals surface area contributed by atoms with Crippen LogP contribution >= 0.6 is 22.6 Å². The van der Waals surface area contributed by atoms with Crippen LogP contribution in [0.15, 0.2) is 250 Å². The van der Waals surface area contributed by atoms with Gasteiger partial charge in [-0.2, -0.15) is 0 Å². The summed E-state index contributed by atoms with van der Waals surface area (Å²) in [6.07, 6.45) is 31.0. The number of hydrogen-bond acceptors (Lipinski definition) is 0. The van der Waals surface area contributed by atoms with Gasteiger partial charge in [0.15, 0.2) is 0 Å². The van der Waals surface area contributed by atoms with E-state index in [-0.39, 0.29) is 5.92 Å². The normalized spacial score (nSPS) is 18.7. The Kier molecular flexibility index (Phi) is 10.8. The molecule has 0 saturated heterocycles. The second-order valence-electron chi connectivity index (χ2n) is 18.1. The quantitative estimate of drug-likeness (QED) is 0.0848. The van der Waals surface area contributed by atoms with E-state index >= 15 is 0 Å².